The summed E-state index contributed by atoms with van der Waals surface area (Å²) in [6.07, 6.45) is 5.52. The number of ether oxygens (including phenoxy) is 1. The van der Waals surface area contributed by atoms with Crippen molar-refractivity contribution in [1.82, 2.24) is 0 Å². The third kappa shape index (κ3) is 3.66. The molecule has 0 saturated heterocycles. The lowest BCUT2D eigenvalue weighted by Gasteiger charge is -2.60. The molecule has 3 N–H and O–H groups in total. The minimum atomic E-state index is -1.74. The average Bonchev–Trinajstić information content (AvgIpc) is 3.03. The van der Waals surface area contributed by atoms with Gasteiger partial charge in [0.1, 0.15) is 5.60 Å². The molecule has 0 spiro atoms. The van der Waals surface area contributed by atoms with E-state index < -0.39 is 46.9 Å². The van der Waals surface area contributed by atoms with E-state index in [1.807, 2.05) is 13.0 Å². The minimum Gasteiger partial charge on any atom is -0.481 e. The van der Waals surface area contributed by atoms with Crippen molar-refractivity contribution in [2.75, 3.05) is 6.61 Å². The average molecular weight is 475 g/mol. The van der Waals surface area contributed by atoms with Crippen LogP contribution in [0.25, 0.3) is 0 Å². The zero-order chi connectivity index (χ0) is 25.1. The summed E-state index contributed by atoms with van der Waals surface area (Å²) in [5.74, 6) is -2.51. The van der Waals surface area contributed by atoms with Gasteiger partial charge in [-0.3, -0.25) is 19.2 Å². The standard InChI is InChI=1S/C26H34O8/c1-14-10-16-17-7-9-26(33,20(29)13-34-22(32)5-4-21(30)31)25(17,3)12-19(28)23(16)24(2)8-6-15(27)11-18(14)24/h6,8,11,14,16-17,19,23,28,33H,4-5,7,9-10,12-13H2,1-3H3,(H,30,31)/t14-,16-,17-,19?,23+,24-,25-,26-/m0/s1. The van der Waals surface area contributed by atoms with Gasteiger partial charge in [0.05, 0.1) is 18.9 Å². The number of aliphatic hydroxyl groups is 2. The fraction of sp³-hybridized carbons (Fsp3) is 0.692. The number of allylic oxidation sites excluding steroid dienone is 4. The van der Waals surface area contributed by atoms with E-state index in [9.17, 15) is 29.4 Å². The normalized spacial score (nSPS) is 42.8. The second-order valence-corrected chi connectivity index (χ2v) is 11.1. The van der Waals surface area contributed by atoms with E-state index in [2.05, 4.69) is 13.8 Å². The minimum absolute atomic E-state index is 0.00980. The van der Waals surface area contributed by atoms with Gasteiger partial charge >= 0.3 is 11.9 Å². The van der Waals surface area contributed by atoms with Crippen molar-refractivity contribution in [3.05, 3.63) is 23.8 Å². The maximum Gasteiger partial charge on any atom is 0.306 e. The van der Waals surface area contributed by atoms with E-state index in [0.717, 1.165) is 12.0 Å². The molecule has 4 aliphatic carbocycles. The lowest BCUT2D eigenvalue weighted by molar-refractivity contribution is -0.182. The molecule has 8 atom stereocenters. The summed E-state index contributed by atoms with van der Waals surface area (Å²) >= 11 is 0. The number of carboxylic acids is 1. The first-order valence-corrected chi connectivity index (χ1v) is 12.1. The molecule has 0 heterocycles. The Labute approximate surface area is 199 Å². The highest BCUT2D eigenvalue weighted by Gasteiger charge is 2.68. The van der Waals surface area contributed by atoms with E-state index in [1.165, 1.54) is 0 Å². The van der Waals surface area contributed by atoms with Crippen LogP contribution >= 0.6 is 0 Å². The topological polar surface area (TPSA) is 138 Å². The number of fused-ring (bicyclic) bond motifs is 5. The van der Waals surface area contributed by atoms with Crippen molar-refractivity contribution in [1.29, 1.82) is 0 Å². The summed E-state index contributed by atoms with van der Waals surface area (Å²) in [4.78, 5) is 47.7. The van der Waals surface area contributed by atoms with Gasteiger partial charge in [0.15, 0.2) is 12.4 Å². The van der Waals surface area contributed by atoms with Crippen LogP contribution in [0.5, 0.6) is 0 Å². The molecule has 4 aliphatic rings. The number of carboxylic acid groups (broad SMARTS) is 1. The largest absolute Gasteiger partial charge is 0.481 e. The Bertz CT molecular complexity index is 981. The third-order valence-electron chi connectivity index (χ3n) is 9.34. The molecule has 0 bridgehead atoms. The van der Waals surface area contributed by atoms with Crippen LogP contribution in [0.15, 0.2) is 23.8 Å². The number of aliphatic carboxylic acids is 1. The molecule has 3 saturated carbocycles. The molecule has 8 heteroatoms. The van der Waals surface area contributed by atoms with Crippen LogP contribution in [0.2, 0.25) is 0 Å². The number of carbonyl (C=O) groups excluding carboxylic acids is 3. The van der Waals surface area contributed by atoms with Crippen LogP contribution in [-0.2, 0) is 23.9 Å². The van der Waals surface area contributed by atoms with Crippen molar-refractivity contribution < 1.29 is 39.2 Å². The fourth-order valence-corrected chi connectivity index (χ4v) is 7.76. The Morgan fingerprint density at radius 2 is 1.91 bits per heavy atom. The molecule has 0 aromatic rings. The zero-order valence-electron chi connectivity index (χ0n) is 20.0. The Kier molecular flexibility index (Phi) is 6.13. The molecule has 0 aromatic carbocycles. The Morgan fingerprint density at radius 1 is 1.21 bits per heavy atom. The van der Waals surface area contributed by atoms with Crippen LogP contribution < -0.4 is 0 Å². The molecule has 1 unspecified atom stereocenters. The SMILES string of the molecule is C[C@H]1C[C@@H]2[C@H](C(O)C[C@@]3(C)[C@H]2CC[C@]3(O)C(=O)COC(=O)CCC(=O)O)[C@@]2(C)C=CC(=O)C=C12. The van der Waals surface area contributed by atoms with Crippen molar-refractivity contribution in [2.45, 2.75) is 71.0 Å². The number of carbonyl (C=O) groups is 4. The summed E-state index contributed by atoms with van der Waals surface area (Å²) < 4.78 is 4.98. The second-order valence-electron chi connectivity index (χ2n) is 11.1. The molecule has 3 fully saturated rings. The van der Waals surface area contributed by atoms with Crippen molar-refractivity contribution >= 4 is 23.5 Å². The molecule has 186 valence electrons. The Morgan fingerprint density at radius 3 is 2.59 bits per heavy atom. The van der Waals surface area contributed by atoms with Gasteiger partial charge in [-0.25, -0.2) is 0 Å². The van der Waals surface area contributed by atoms with Crippen LogP contribution in [0.1, 0.15) is 59.3 Å². The Hall–Kier alpha value is -2.32. The van der Waals surface area contributed by atoms with Crippen molar-refractivity contribution in [3.63, 3.8) is 0 Å². The number of ketones is 2. The predicted molar refractivity (Wildman–Crippen MR) is 120 cm³/mol. The van der Waals surface area contributed by atoms with Gasteiger partial charge in [-0.1, -0.05) is 32.4 Å². The summed E-state index contributed by atoms with van der Waals surface area (Å²) in [5, 5.41) is 31.7. The summed E-state index contributed by atoms with van der Waals surface area (Å²) in [5.41, 5.74) is -2.04. The molecule has 0 amide bonds. The lowest BCUT2D eigenvalue weighted by atomic mass is 9.45. The molecule has 4 rings (SSSR count). The van der Waals surface area contributed by atoms with Crippen molar-refractivity contribution in [2.24, 2.45) is 34.5 Å². The van der Waals surface area contributed by atoms with Crippen molar-refractivity contribution in [3.8, 4) is 0 Å². The first-order valence-electron chi connectivity index (χ1n) is 12.1. The smallest absolute Gasteiger partial charge is 0.306 e. The van der Waals surface area contributed by atoms with Gasteiger partial charge in [-0.2, -0.15) is 0 Å². The molecule has 0 aromatic heterocycles. The summed E-state index contributed by atoms with van der Waals surface area (Å²) in [7, 11) is 0. The molecule has 34 heavy (non-hydrogen) atoms. The van der Waals surface area contributed by atoms with Gasteiger partial charge in [-0.05, 0) is 55.6 Å². The van der Waals surface area contributed by atoms with Gasteiger partial charge in [-0.15, -0.1) is 0 Å². The van der Waals surface area contributed by atoms with E-state index >= 15 is 0 Å². The number of hydrogen-bond acceptors (Lipinski definition) is 7. The maximum absolute atomic E-state index is 13.1. The summed E-state index contributed by atoms with van der Waals surface area (Å²) in [6.45, 7) is 5.40. The van der Waals surface area contributed by atoms with Gasteiger partial charge in [0.25, 0.3) is 0 Å². The van der Waals surface area contributed by atoms with Gasteiger partial charge in [0.2, 0.25) is 5.78 Å². The molecule has 0 radical (unpaired) electrons. The Balaban J connectivity index is 1.56. The molecular formula is C26H34O8. The number of aliphatic hydroxyl groups excluding tert-OH is 1. The predicted octanol–water partition coefficient (Wildman–Crippen LogP) is 2.22. The number of esters is 1. The van der Waals surface area contributed by atoms with E-state index in [-0.39, 0.29) is 55.1 Å². The highest BCUT2D eigenvalue weighted by molar-refractivity contribution is 6.01. The molecule has 8 nitrogen and oxygen atoms in total. The number of Topliss-reactive ketones (excluding diaryl/α,β-unsaturated/α-hetero) is 1. The number of rotatable bonds is 6. The van der Waals surface area contributed by atoms with E-state index in [1.54, 1.807) is 12.2 Å². The lowest BCUT2D eigenvalue weighted by Crippen LogP contribution is -2.62. The van der Waals surface area contributed by atoms with E-state index in [0.29, 0.717) is 6.42 Å². The number of hydrogen-bond donors (Lipinski definition) is 3. The maximum atomic E-state index is 13.1. The second kappa shape index (κ2) is 8.41. The monoisotopic (exact) mass is 474 g/mol. The van der Waals surface area contributed by atoms with Gasteiger partial charge < -0.3 is 20.1 Å². The van der Waals surface area contributed by atoms with Gasteiger partial charge in [0, 0.05) is 16.7 Å². The highest BCUT2D eigenvalue weighted by atomic mass is 16.5. The zero-order valence-corrected chi connectivity index (χ0v) is 20.0. The van der Waals surface area contributed by atoms with Crippen LogP contribution in [0, 0.1) is 34.5 Å². The third-order valence-corrected chi connectivity index (χ3v) is 9.34. The first kappa shape index (κ1) is 24.8. The molecular weight excluding hydrogens is 440 g/mol. The fourth-order valence-electron chi connectivity index (χ4n) is 7.76. The highest BCUT2D eigenvalue weighted by Crippen LogP contribution is 2.67. The van der Waals surface area contributed by atoms with E-state index in [4.69, 9.17) is 9.84 Å². The first-order chi connectivity index (χ1) is 15.8. The van der Waals surface area contributed by atoms with Crippen LogP contribution in [0.3, 0.4) is 0 Å². The van der Waals surface area contributed by atoms with Crippen LogP contribution in [-0.4, -0.2) is 57.1 Å². The summed E-state index contributed by atoms with van der Waals surface area (Å²) in [6, 6.07) is 0. The quantitative estimate of drug-likeness (QED) is 0.498. The molecule has 0 aliphatic heterocycles. The van der Waals surface area contributed by atoms with Crippen LogP contribution in [0.4, 0.5) is 0 Å².